The predicted octanol–water partition coefficient (Wildman–Crippen LogP) is 2.27. The number of hydrogen-bond donors (Lipinski definition) is 2. The second kappa shape index (κ2) is 7.07. The van der Waals surface area contributed by atoms with Gasteiger partial charge in [0.1, 0.15) is 0 Å². The van der Waals surface area contributed by atoms with Crippen LogP contribution in [0.1, 0.15) is 49.9 Å². The lowest BCUT2D eigenvalue weighted by Crippen LogP contribution is -2.34. The fraction of sp³-hybridized carbons (Fsp3) is 0.412. The van der Waals surface area contributed by atoms with Crippen molar-refractivity contribution in [1.82, 2.24) is 14.9 Å². The zero-order chi connectivity index (χ0) is 17.9. The van der Waals surface area contributed by atoms with Gasteiger partial charge < -0.3 is 10.3 Å². The summed E-state index contributed by atoms with van der Waals surface area (Å²) in [4.78, 5) is 4.60. The molecule has 0 saturated heterocycles. The Hall–Kier alpha value is -2.03. The van der Waals surface area contributed by atoms with Crippen LogP contribution < -0.4 is 10.5 Å². The molecule has 1 aliphatic carbocycles. The highest BCUT2D eigenvalue weighted by atomic mass is 32.2. The van der Waals surface area contributed by atoms with E-state index >= 15 is 0 Å². The molecule has 0 atom stereocenters. The zero-order valence-corrected chi connectivity index (χ0v) is 14.9. The molecule has 1 aromatic carbocycles. The lowest BCUT2D eigenvalue weighted by atomic mass is 9.99. The second-order valence-corrected chi connectivity index (χ2v) is 7.99. The quantitative estimate of drug-likeness (QED) is 0.815. The molecule has 0 bridgehead atoms. The Kier molecular flexibility index (Phi) is 5.03. The summed E-state index contributed by atoms with van der Waals surface area (Å²) in [6, 6.07) is 6.56. The van der Waals surface area contributed by atoms with Crippen LogP contribution in [0.2, 0.25) is 0 Å². The molecule has 0 amide bonds. The Morgan fingerprint density at radius 2 is 1.92 bits per heavy atom. The van der Waals surface area contributed by atoms with Crippen LogP contribution in [0, 0.1) is 0 Å². The maximum Gasteiger partial charge on any atom is 0.250 e. The Morgan fingerprint density at radius 1 is 1.24 bits per heavy atom. The fourth-order valence-electron chi connectivity index (χ4n) is 2.93. The van der Waals surface area contributed by atoms with E-state index in [1.54, 1.807) is 43.3 Å². The number of nitrogens with one attached hydrogen (secondary N) is 1. The van der Waals surface area contributed by atoms with Gasteiger partial charge in [0.05, 0.1) is 10.4 Å². The van der Waals surface area contributed by atoms with Crippen LogP contribution in [0.4, 0.5) is 0 Å². The van der Waals surface area contributed by atoms with Gasteiger partial charge in [0, 0.05) is 12.6 Å². The van der Waals surface area contributed by atoms with Gasteiger partial charge in [-0.1, -0.05) is 37.1 Å². The minimum atomic E-state index is -3.44. The highest BCUT2D eigenvalue weighted by molar-refractivity contribution is 7.89. The Bertz CT molecular complexity index is 850. The maximum atomic E-state index is 11.9. The fourth-order valence-corrected chi connectivity index (χ4v) is 3.97. The molecule has 0 spiro atoms. The van der Waals surface area contributed by atoms with Crippen molar-refractivity contribution in [1.29, 1.82) is 0 Å². The Labute approximate surface area is 147 Å². The van der Waals surface area contributed by atoms with Gasteiger partial charge in [-0.25, -0.2) is 13.1 Å². The standard InChI is InChI=1S/C17H22N4O3S/c1-2-19-25(22,23)14-8-5-13(6-9-14)7-10-15-20-16(21-24-15)17(18)11-3-4-12-17/h5-10,19H,2-4,11-12,18H2,1H3/b10-7+. The molecule has 0 aliphatic heterocycles. The summed E-state index contributed by atoms with van der Waals surface area (Å²) in [6.45, 7) is 2.09. The highest BCUT2D eigenvalue weighted by Gasteiger charge is 2.35. The topological polar surface area (TPSA) is 111 Å². The number of hydrogen-bond acceptors (Lipinski definition) is 6. The van der Waals surface area contributed by atoms with Gasteiger partial charge in [-0.05, 0) is 36.6 Å². The number of benzene rings is 1. The van der Waals surface area contributed by atoms with Crippen LogP contribution in [0.3, 0.4) is 0 Å². The zero-order valence-electron chi connectivity index (χ0n) is 14.1. The first-order chi connectivity index (χ1) is 11.9. The summed E-state index contributed by atoms with van der Waals surface area (Å²) < 4.78 is 31.5. The van der Waals surface area contributed by atoms with Crippen molar-refractivity contribution in [3.63, 3.8) is 0 Å². The molecule has 8 heteroatoms. The van der Waals surface area contributed by atoms with E-state index in [4.69, 9.17) is 10.3 Å². The average Bonchev–Trinajstić information content (AvgIpc) is 3.23. The summed E-state index contributed by atoms with van der Waals surface area (Å²) in [5, 5.41) is 4.00. The van der Waals surface area contributed by atoms with E-state index in [9.17, 15) is 8.42 Å². The first-order valence-electron chi connectivity index (χ1n) is 8.34. The molecule has 3 rings (SSSR count). The van der Waals surface area contributed by atoms with Crippen LogP contribution >= 0.6 is 0 Å². The first-order valence-corrected chi connectivity index (χ1v) is 9.82. The molecule has 1 saturated carbocycles. The average molecular weight is 362 g/mol. The van der Waals surface area contributed by atoms with Crippen LogP contribution in [0.25, 0.3) is 12.2 Å². The molecule has 7 nitrogen and oxygen atoms in total. The third-order valence-electron chi connectivity index (χ3n) is 4.33. The van der Waals surface area contributed by atoms with Gasteiger partial charge in [-0.15, -0.1) is 0 Å². The molecule has 134 valence electrons. The number of nitrogens with zero attached hydrogens (tertiary/aromatic N) is 2. The van der Waals surface area contributed by atoms with Crippen LogP contribution in [0.15, 0.2) is 33.7 Å². The van der Waals surface area contributed by atoms with Gasteiger partial charge in [0.15, 0.2) is 5.82 Å². The number of rotatable bonds is 6. The summed E-state index contributed by atoms with van der Waals surface area (Å²) in [7, 11) is -3.44. The third kappa shape index (κ3) is 3.97. The lowest BCUT2D eigenvalue weighted by Gasteiger charge is -2.17. The predicted molar refractivity (Wildman–Crippen MR) is 94.9 cm³/mol. The van der Waals surface area contributed by atoms with Crippen molar-refractivity contribution < 1.29 is 12.9 Å². The van der Waals surface area contributed by atoms with E-state index < -0.39 is 15.6 Å². The molecule has 1 heterocycles. The van der Waals surface area contributed by atoms with Crippen LogP contribution in [-0.2, 0) is 15.6 Å². The molecule has 3 N–H and O–H groups in total. The van der Waals surface area contributed by atoms with Crippen molar-refractivity contribution >= 4 is 22.2 Å². The van der Waals surface area contributed by atoms with Gasteiger partial charge >= 0.3 is 0 Å². The monoisotopic (exact) mass is 362 g/mol. The van der Waals surface area contributed by atoms with Crippen molar-refractivity contribution in [3.8, 4) is 0 Å². The molecule has 1 aliphatic rings. The van der Waals surface area contributed by atoms with E-state index in [0.717, 1.165) is 31.2 Å². The maximum absolute atomic E-state index is 11.9. The van der Waals surface area contributed by atoms with Gasteiger partial charge in [0.2, 0.25) is 10.0 Å². The number of sulfonamides is 1. The molecular weight excluding hydrogens is 340 g/mol. The van der Waals surface area contributed by atoms with Crippen molar-refractivity contribution in [2.24, 2.45) is 5.73 Å². The van der Waals surface area contributed by atoms with E-state index in [2.05, 4.69) is 14.9 Å². The number of aromatic nitrogens is 2. The van der Waals surface area contributed by atoms with E-state index in [0.29, 0.717) is 18.3 Å². The molecule has 2 aromatic rings. The lowest BCUT2D eigenvalue weighted by molar-refractivity contribution is 0.364. The minimum Gasteiger partial charge on any atom is -0.335 e. The van der Waals surface area contributed by atoms with E-state index in [1.807, 2.05) is 0 Å². The van der Waals surface area contributed by atoms with Gasteiger partial charge in [-0.3, -0.25) is 0 Å². The van der Waals surface area contributed by atoms with Crippen LogP contribution in [0.5, 0.6) is 0 Å². The normalized spacial score (nSPS) is 17.4. The Balaban J connectivity index is 1.71. The molecule has 1 fully saturated rings. The molecule has 25 heavy (non-hydrogen) atoms. The number of nitrogens with two attached hydrogens (primary N) is 1. The second-order valence-electron chi connectivity index (χ2n) is 6.22. The van der Waals surface area contributed by atoms with Crippen molar-refractivity contribution in [2.75, 3.05) is 6.54 Å². The first kappa shape index (κ1) is 17.8. The largest absolute Gasteiger partial charge is 0.335 e. The van der Waals surface area contributed by atoms with Crippen molar-refractivity contribution in [2.45, 2.75) is 43.0 Å². The van der Waals surface area contributed by atoms with Gasteiger partial charge in [0.25, 0.3) is 5.89 Å². The summed E-state index contributed by atoms with van der Waals surface area (Å²) >= 11 is 0. The summed E-state index contributed by atoms with van der Waals surface area (Å²) in [5.74, 6) is 0.938. The molecule has 0 radical (unpaired) electrons. The minimum absolute atomic E-state index is 0.234. The van der Waals surface area contributed by atoms with Crippen LogP contribution in [-0.4, -0.2) is 25.1 Å². The van der Waals surface area contributed by atoms with Gasteiger partial charge in [-0.2, -0.15) is 4.98 Å². The Morgan fingerprint density at radius 3 is 2.56 bits per heavy atom. The smallest absolute Gasteiger partial charge is 0.250 e. The summed E-state index contributed by atoms with van der Waals surface area (Å²) in [6.07, 6.45) is 7.40. The SMILES string of the molecule is CCNS(=O)(=O)c1ccc(/C=C/c2nc(C3(N)CCCC3)no2)cc1. The van der Waals surface area contributed by atoms with Crippen molar-refractivity contribution in [3.05, 3.63) is 41.5 Å². The summed E-state index contributed by atoms with van der Waals surface area (Å²) in [5.41, 5.74) is 6.67. The molecular formula is C17H22N4O3S. The molecule has 1 aromatic heterocycles. The third-order valence-corrected chi connectivity index (χ3v) is 5.89. The van der Waals surface area contributed by atoms with E-state index in [1.165, 1.54) is 0 Å². The van der Waals surface area contributed by atoms with E-state index in [-0.39, 0.29) is 4.90 Å². The molecule has 0 unspecified atom stereocenters. The highest BCUT2D eigenvalue weighted by Crippen LogP contribution is 2.34.